The smallest absolute Gasteiger partial charge is 0.246 e. The highest BCUT2D eigenvalue weighted by atomic mass is 32.2. The molecule has 3 saturated heterocycles. The molecule has 0 radical (unpaired) electrons. The van der Waals surface area contributed by atoms with E-state index in [1.807, 2.05) is 26.8 Å². The van der Waals surface area contributed by atoms with Crippen molar-refractivity contribution < 1.29 is 91.7 Å². The molecule has 9 rings (SSSR count). The van der Waals surface area contributed by atoms with Crippen LogP contribution in [0.25, 0.3) is 21.8 Å². The molecule has 136 heavy (non-hydrogen) atoms. The summed E-state index contributed by atoms with van der Waals surface area (Å²) in [4.78, 5) is 270. The van der Waals surface area contributed by atoms with Gasteiger partial charge in [0.2, 0.25) is 100 Å². The Bertz CT molecular complexity index is 5260. The maximum Gasteiger partial charge on any atom is 0.246 e. The van der Waals surface area contributed by atoms with E-state index in [2.05, 4.69) is 78.4 Å². The summed E-state index contributed by atoms with van der Waals surface area (Å²) in [7, 11) is 3.94. The number of fused-ring (bicyclic) bond motifs is 4. The van der Waals surface area contributed by atoms with Gasteiger partial charge in [0.15, 0.2) is 5.96 Å². The zero-order valence-corrected chi connectivity index (χ0v) is 79.0. The minimum absolute atomic E-state index is 0.000971. The van der Waals surface area contributed by atoms with Crippen LogP contribution in [-0.4, -0.2) is 311 Å². The number of hydrogen-bond acceptors (Lipinski definition) is 22. The molecule has 0 bridgehead atoms. The number of likely N-dealkylation sites (N-methyl/N-ethyl adjacent to an activating group) is 3. The average molecular weight is 1910 g/mol. The Balaban J connectivity index is 1.10. The van der Waals surface area contributed by atoms with Crippen LogP contribution in [0.1, 0.15) is 152 Å². The van der Waals surface area contributed by atoms with Crippen LogP contribution >= 0.6 is 11.8 Å². The number of aliphatic hydroxyl groups excluding tert-OH is 1. The number of aromatic hydroxyl groups is 1. The lowest BCUT2D eigenvalue weighted by Gasteiger charge is -2.36. The number of phenolic OH excluding ortho intramolecular Hbond substituents is 1. The number of nitrogens with one attached hydrogen (secondary N) is 15. The van der Waals surface area contributed by atoms with Gasteiger partial charge in [-0.05, 0) is 118 Å². The van der Waals surface area contributed by atoms with E-state index in [0.29, 0.717) is 69.9 Å². The highest BCUT2D eigenvalue weighted by molar-refractivity contribution is 8.00. The largest absolute Gasteiger partial charge is 0.508 e. The minimum atomic E-state index is -1.85. The fourth-order valence-corrected chi connectivity index (χ4v) is 17.9. The summed E-state index contributed by atoms with van der Waals surface area (Å²) in [5, 5.41) is 60.1. The Labute approximate surface area is 791 Å². The summed E-state index contributed by atoms with van der Waals surface area (Å²) < 4.78 is 0. The number of thioether (sulfide) groups is 1. The molecule has 0 aliphatic carbocycles. The number of imidazole rings is 1. The third-order valence-electron chi connectivity index (χ3n) is 24.6. The number of H-pyrrole nitrogens is 3. The van der Waals surface area contributed by atoms with Crippen LogP contribution in [-0.2, 0) is 107 Å². The molecule has 43 nitrogen and oxygen atoms in total. The summed E-state index contributed by atoms with van der Waals surface area (Å²) in [6.07, 6.45) is 6.21. The third kappa shape index (κ3) is 29.2. The molecule has 0 spiro atoms. The van der Waals surface area contributed by atoms with Crippen LogP contribution in [0.5, 0.6) is 5.75 Å². The van der Waals surface area contributed by atoms with Crippen LogP contribution < -0.4 is 75.7 Å². The molecule has 738 valence electrons. The third-order valence-corrected chi connectivity index (χ3v) is 25.7. The highest BCUT2D eigenvalue weighted by Crippen LogP contribution is 2.29. The van der Waals surface area contributed by atoms with Crippen LogP contribution in [0.3, 0.4) is 0 Å². The molecule has 3 aromatic heterocycles. The minimum Gasteiger partial charge on any atom is -0.508 e. The Morgan fingerprint density at radius 1 is 0.544 bits per heavy atom. The van der Waals surface area contributed by atoms with Gasteiger partial charge in [-0.3, -0.25) is 86.9 Å². The SMILES string of the molecule is CCCC[C@H]1C(=O)N(C)[C@@H](CCCC)C(=O)N[C@@H](CCCNC(=N)N)C(=O)N[C@H](C(=O)NCC(N)=O)CSCC(=O)N[C@@H](Cc2ccc(O)cc2)C(=O)N(C)[C@@H](C)C(=O)N[C@@H](CC(N)=O)C(=O)N2CCC[C@H]2C(=O)N[C@@H](Cc2cnc[nH]2)C(=O)N[C@@H](CC(C)C)C(=O)N2CCC[C@H]2C(=O)N[C@@H](Cc2c[nH]c3ccccc23)C(=O)N[C@@H](CO)C(=O)N[C@@H](Cc2c[nH]c3c(C)cccc23)C(=O)N1C. The number of aromatic amines is 3. The number of hydrogen-bond donors (Lipinski definition) is 20. The first-order chi connectivity index (χ1) is 64.8. The second-order valence-corrected chi connectivity index (χ2v) is 36.3. The number of aliphatic hydroxyl groups is 1. The van der Waals surface area contributed by atoms with Gasteiger partial charge in [0.25, 0.3) is 0 Å². The molecule has 14 atom stereocenters. The lowest BCUT2D eigenvalue weighted by Crippen LogP contribution is -2.62. The van der Waals surface area contributed by atoms with Crippen molar-refractivity contribution in [3.05, 3.63) is 120 Å². The van der Waals surface area contributed by atoms with Gasteiger partial charge < -0.3 is 125 Å². The lowest BCUT2D eigenvalue weighted by molar-refractivity contribution is -0.149. The van der Waals surface area contributed by atoms with E-state index in [0.717, 1.165) is 36.9 Å². The molecular weight excluding hydrogens is 1780 g/mol. The van der Waals surface area contributed by atoms with Crippen LogP contribution in [0, 0.1) is 18.3 Å². The quantitative estimate of drug-likeness (QED) is 0.0165. The summed E-state index contributed by atoms with van der Waals surface area (Å²) in [6.45, 7) is 8.52. The standard InChI is InChI=1S/C92H130N24O19S/c1-10-12-25-70-84(128)104-61(24-17-33-98-92(95)96)80(124)111-69(79(123)101-45-75(94)120)47-136-48-76(121)103-65(37-53-29-31-57(118)32-30-53)87(131)112(7)52(6)78(122)107-67(41-74(93)119)90(134)116-35-19-28-72(116)86(130)106-63(40-56-44-97-49-102-56)82(126)108-64(36-50(3)4)89(133)115-34-18-27-71(115)85(129)105-62(38-54-42-99-60-23-15-14-21-58(54)60)81(125)110-68(46-117)83(127)109-66(39-55-43-100-77-51(5)20-16-22-59(55)77)88(132)114(9)73(26-13-11-2)91(135)113(70)8/h14-16,20-23,29-32,42-44,49-50,52,61-73,99-100,117-118H,10-13,17-19,24-28,33-41,45-48H2,1-9H3,(H2,93,119)(H2,94,120)(H,97,102)(H,101,123)(H,103,121)(H,104,128)(H,105,129)(H,106,130)(H,107,122)(H,108,126)(H,109,127)(H,110,125)(H,111,124)(H4,95,96,98)/t52-,61-,62-,63-,64-,65-,66-,67-,68-,69-,70-,71-,72-,73-/m0/s1. The first-order valence-corrected chi connectivity index (χ1v) is 47.1. The van der Waals surface area contributed by atoms with Crippen molar-refractivity contribution in [3.63, 3.8) is 0 Å². The second kappa shape index (κ2) is 50.6. The fraction of sp³-hybridized carbons (Fsp3) is 0.533. The molecule has 17 amide bonds. The predicted octanol–water partition coefficient (Wildman–Crippen LogP) is -1.59. The molecule has 6 aromatic rings. The number of amides is 17. The van der Waals surface area contributed by atoms with Crippen LogP contribution in [0.2, 0.25) is 0 Å². The molecular formula is C92H130N24O19S. The number of carbonyl (C=O) groups excluding carboxylic acids is 17. The zero-order valence-electron chi connectivity index (χ0n) is 78.2. The number of nitrogens with two attached hydrogens (primary N) is 3. The van der Waals surface area contributed by atoms with Gasteiger partial charge >= 0.3 is 0 Å². The maximum absolute atomic E-state index is 15.8. The number of benzene rings is 3. The molecule has 3 aliphatic heterocycles. The number of nitrogens with zero attached hydrogens (tertiary/aromatic N) is 6. The van der Waals surface area contributed by atoms with E-state index in [1.54, 1.807) is 62.6 Å². The van der Waals surface area contributed by atoms with E-state index in [9.17, 15) is 53.4 Å². The van der Waals surface area contributed by atoms with Gasteiger partial charge in [-0.2, -0.15) is 0 Å². The number of primary amides is 2. The van der Waals surface area contributed by atoms with Crippen molar-refractivity contribution in [2.75, 3.05) is 65.4 Å². The molecule has 3 fully saturated rings. The van der Waals surface area contributed by atoms with Crippen molar-refractivity contribution >= 4 is 140 Å². The van der Waals surface area contributed by atoms with Crippen molar-refractivity contribution in [2.45, 2.75) is 242 Å². The Morgan fingerprint density at radius 3 is 1.71 bits per heavy atom. The summed E-state index contributed by atoms with van der Waals surface area (Å²) >= 11 is 0.767. The predicted molar refractivity (Wildman–Crippen MR) is 503 cm³/mol. The number of aryl methyl sites for hydroxylation is 1. The highest BCUT2D eigenvalue weighted by Gasteiger charge is 2.46. The molecule has 0 saturated carbocycles. The fourth-order valence-electron chi connectivity index (χ4n) is 17.0. The van der Waals surface area contributed by atoms with Crippen molar-refractivity contribution in [1.29, 1.82) is 5.41 Å². The van der Waals surface area contributed by atoms with Gasteiger partial charge in [-0.15, -0.1) is 11.8 Å². The molecule has 44 heteroatoms. The number of rotatable bonds is 26. The van der Waals surface area contributed by atoms with E-state index in [-0.39, 0.29) is 115 Å². The summed E-state index contributed by atoms with van der Waals surface area (Å²) in [5.74, 6) is -17.3. The number of phenols is 1. The Kier molecular flexibility index (Phi) is 39.4. The van der Waals surface area contributed by atoms with E-state index >= 15 is 38.4 Å². The van der Waals surface area contributed by atoms with Crippen LogP contribution in [0.4, 0.5) is 0 Å². The number of aromatic nitrogens is 4. The van der Waals surface area contributed by atoms with E-state index in [4.69, 9.17) is 22.6 Å². The molecule has 3 aliphatic rings. The normalized spacial score (nSPS) is 24.1. The first-order valence-electron chi connectivity index (χ1n) is 45.9. The number of para-hydroxylation sites is 2. The van der Waals surface area contributed by atoms with Crippen molar-refractivity contribution in [2.24, 2.45) is 23.1 Å². The van der Waals surface area contributed by atoms with Crippen LogP contribution in [0.15, 0.2) is 91.6 Å². The van der Waals surface area contributed by atoms with E-state index < -0.39 is 222 Å². The molecule has 6 heterocycles. The van der Waals surface area contributed by atoms with E-state index in [1.165, 1.54) is 69.8 Å². The summed E-state index contributed by atoms with van der Waals surface area (Å²) in [6, 6.07) is -3.04. The maximum atomic E-state index is 15.8. The van der Waals surface area contributed by atoms with Gasteiger partial charge in [0.05, 0.1) is 31.7 Å². The first kappa shape index (κ1) is 106. The molecule has 0 unspecified atom stereocenters. The molecule has 3 aromatic carbocycles. The lowest BCUT2D eigenvalue weighted by atomic mass is 9.99. The number of carbonyl (C=O) groups is 17. The monoisotopic (exact) mass is 1910 g/mol. The Morgan fingerprint density at radius 2 is 1.09 bits per heavy atom. The molecule has 23 N–H and O–H groups in total. The Hall–Kier alpha value is -13.7. The number of guanidine groups is 1. The van der Waals surface area contributed by atoms with Gasteiger partial charge in [-0.1, -0.05) is 102 Å². The topological polar surface area (TPSA) is 641 Å². The number of unbranched alkanes of at least 4 members (excludes halogenated alkanes) is 2. The zero-order chi connectivity index (χ0) is 99.3. The van der Waals surface area contributed by atoms with Crippen molar-refractivity contribution in [1.82, 2.24) is 103 Å². The average Bonchev–Trinajstić information content (AvgIpc) is 1.63. The van der Waals surface area contributed by atoms with Gasteiger partial charge in [0.1, 0.15) is 90.3 Å². The second-order valence-electron chi connectivity index (χ2n) is 35.2. The summed E-state index contributed by atoms with van der Waals surface area (Å²) in [5.41, 5.74) is 20.8. The van der Waals surface area contributed by atoms with Gasteiger partial charge in [-0.25, -0.2) is 4.98 Å². The van der Waals surface area contributed by atoms with Gasteiger partial charge in [0, 0.05) is 118 Å². The van der Waals surface area contributed by atoms with Crippen molar-refractivity contribution in [3.8, 4) is 5.75 Å².